The molecule has 300 valence electrons. The Bertz CT molecular complexity index is 2150. The van der Waals surface area contributed by atoms with Crippen LogP contribution in [0, 0.1) is 11.3 Å². The minimum absolute atomic E-state index is 0.0300. The first kappa shape index (κ1) is 44.2. The van der Waals surface area contributed by atoms with Crippen LogP contribution < -0.4 is 5.32 Å². The number of fused-ring (bicyclic) bond motifs is 1. The van der Waals surface area contributed by atoms with Crippen LogP contribution in [0.2, 0.25) is 10.0 Å². The normalized spacial score (nSPS) is 13.8. The molecule has 0 aromatic heterocycles. The minimum Gasteiger partial charge on any atom is -0.481 e. The van der Waals surface area contributed by atoms with Crippen LogP contribution in [0.15, 0.2) is 78.9 Å². The second-order valence-corrected chi connectivity index (χ2v) is 14.9. The number of hydrogen-bond acceptors (Lipinski definition) is 8. The Labute approximate surface area is 340 Å². The van der Waals surface area contributed by atoms with E-state index in [4.69, 9.17) is 43.6 Å². The average Bonchev–Trinajstić information content (AvgIpc) is 3.16. The molecule has 0 bridgehead atoms. The number of nitrogens with zero attached hydrogens (tertiary/aromatic N) is 3. The van der Waals surface area contributed by atoms with Crippen LogP contribution in [0.25, 0.3) is 10.8 Å². The number of benzene rings is 4. The van der Waals surface area contributed by atoms with Crippen molar-refractivity contribution < 1.29 is 44.4 Å². The zero-order valence-corrected chi connectivity index (χ0v) is 33.0. The standard InChI is InChI=1S/C36H36Cl2N4O2.C6H8O7/c1-24(43)40-35-10-6-5-9-31(35)26-13-16-42(17-14-26)18-15-29(27-11-12-33(37)34(38)21-27)23-41(2)36(44)32-20-25(22-39)19-28-7-3-4-8-30(28)32;7-3(8)1-6(13,5(11)12)2-4(9)10/h3-12,19-21,26,29H,13-18,23H2,1-2H3,(H,40,43);13H,1-2H2,(H,7,8)(H,9,10)(H,11,12)/t29-;/m1./s1. The molecule has 0 saturated carbocycles. The Balaban J connectivity index is 0.000000476. The summed E-state index contributed by atoms with van der Waals surface area (Å²) in [5, 5.41) is 49.1. The van der Waals surface area contributed by atoms with Gasteiger partial charge in [0.25, 0.3) is 5.91 Å². The van der Waals surface area contributed by atoms with Crippen molar-refractivity contribution in [3.8, 4) is 6.07 Å². The number of carboxylic acids is 3. The van der Waals surface area contributed by atoms with Crippen LogP contribution in [-0.4, -0.2) is 98.8 Å². The molecule has 5 N–H and O–H groups in total. The quantitative estimate of drug-likeness (QED) is 0.0889. The Morgan fingerprint density at radius 1 is 0.912 bits per heavy atom. The van der Waals surface area contributed by atoms with Crippen molar-refractivity contribution >= 4 is 69.4 Å². The van der Waals surface area contributed by atoms with E-state index in [0.717, 1.165) is 60.9 Å². The van der Waals surface area contributed by atoms with E-state index in [1.54, 1.807) is 17.9 Å². The fraction of sp³-hybridized carbons (Fsp3) is 0.333. The lowest BCUT2D eigenvalue weighted by Gasteiger charge is -2.34. The first-order chi connectivity index (χ1) is 27.0. The molecule has 1 heterocycles. The van der Waals surface area contributed by atoms with E-state index in [1.165, 1.54) is 5.56 Å². The molecule has 0 radical (unpaired) electrons. The van der Waals surface area contributed by atoms with Crippen molar-refractivity contribution in [1.29, 1.82) is 5.26 Å². The largest absolute Gasteiger partial charge is 0.481 e. The number of carboxylic acid groups (broad SMARTS) is 3. The predicted octanol–water partition coefficient (Wildman–Crippen LogP) is 6.85. The number of carbonyl (C=O) groups is 5. The highest BCUT2D eigenvalue weighted by molar-refractivity contribution is 6.42. The average molecular weight is 820 g/mol. The van der Waals surface area contributed by atoms with Gasteiger partial charge in [0.15, 0.2) is 5.60 Å². The number of likely N-dealkylation sites (N-methyl/N-ethyl adjacent to an activating group) is 1. The van der Waals surface area contributed by atoms with Gasteiger partial charge in [-0.1, -0.05) is 71.7 Å². The molecular weight excluding hydrogens is 775 g/mol. The van der Waals surface area contributed by atoms with Gasteiger partial charge in [0.1, 0.15) is 0 Å². The number of nitrogens with one attached hydrogen (secondary N) is 1. The number of halogens is 2. The van der Waals surface area contributed by atoms with Gasteiger partial charge in [0.2, 0.25) is 5.91 Å². The van der Waals surface area contributed by atoms with Gasteiger partial charge in [0.05, 0.1) is 34.5 Å². The number of hydrogen-bond donors (Lipinski definition) is 5. The number of para-hydroxylation sites is 1. The van der Waals surface area contributed by atoms with E-state index in [9.17, 15) is 29.2 Å². The van der Waals surface area contributed by atoms with E-state index in [0.29, 0.717) is 33.6 Å². The van der Waals surface area contributed by atoms with Gasteiger partial charge in [0, 0.05) is 37.7 Å². The van der Waals surface area contributed by atoms with Crippen molar-refractivity contribution in [2.75, 3.05) is 38.5 Å². The third kappa shape index (κ3) is 12.2. The molecule has 1 aliphatic rings. The van der Waals surface area contributed by atoms with Crippen LogP contribution in [0.1, 0.15) is 77.9 Å². The Morgan fingerprint density at radius 2 is 1.54 bits per heavy atom. The van der Waals surface area contributed by atoms with Crippen LogP contribution in [0.4, 0.5) is 5.69 Å². The first-order valence-corrected chi connectivity index (χ1v) is 18.9. The highest BCUT2D eigenvalue weighted by atomic mass is 35.5. The van der Waals surface area contributed by atoms with Gasteiger partial charge >= 0.3 is 17.9 Å². The van der Waals surface area contributed by atoms with E-state index in [1.807, 2.05) is 73.8 Å². The van der Waals surface area contributed by atoms with Gasteiger partial charge in [-0.25, -0.2) is 4.79 Å². The van der Waals surface area contributed by atoms with Crippen molar-refractivity contribution in [2.45, 2.75) is 56.5 Å². The van der Waals surface area contributed by atoms with Crippen molar-refractivity contribution in [1.82, 2.24) is 9.80 Å². The number of likely N-dealkylation sites (tertiary alicyclic amines) is 1. The minimum atomic E-state index is -2.74. The maximum atomic E-state index is 13.8. The number of rotatable bonds is 14. The van der Waals surface area contributed by atoms with E-state index < -0.39 is 36.4 Å². The van der Waals surface area contributed by atoms with Gasteiger partial charge in [-0.05, 0) is 97.0 Å². The topological polar surface area (TPSA) is 209 Å². The number of aliphatic hydroxyl groups is 1. The van der Waals surface area contributed by atoms with Crippen LogP contribution in [0.3, 0.4) is 0 Å². The molecular formula is C42H44Cl2N4O9. The van der Waals surface area contributed by atoms with E-state index in [-0.39, 0.29) is 17.7 Å². The lowest BCUT2D eigenvalue weighted by Crippen LogP contribution is -2.42. The smallest absolute Gasteiger partial charge is 0.336 e. The third-order valence-electron chi connectivity index (χ3n) is 9.86. The molecule has 57 heavy (non-hydrogen) atoms. The van der Waals surface area contributed by atoms with E-state index in [2.05, 4.69) is 22.4 Å². The predicted molar refractivity (Wildman–Crippen MR) is 216 cm³/mol. The summed E-state index contributed by atoms with van der Waals surface area (Å²) in [5.74, 6) is -4.78. The number of carbonyl (C=O) groups excluding carboxylic acids is 2. The second-order valence-electron chi connectivity index (χ2n) is 14.1. The summed E-state index contributed by atoms with van der Waals surface area (Å²) in [5.41, 5.74) is 1.38. The fourth-order valence-electron chi connectivity index (χ4n) is 6.98. The third-order valence-corrected chi connectivity index (χ3v) is 10.6. The molecule has 4 aromatic carbocycles. The molecule has 0 unspecified atom stereocenters. The zero-order valence-electron chi connectivity index (χ0n) is 31.5. The van der Waals surface area contributed by atoms with Crippen LogP contribution >= 0.6 is 23.2 Å². The molecule has 13 nitrogen and oxygen atoms in total. The maximum absolute atomic E-state index is 13.8. The van der Waals surface area contributed by atoms with E-state index >= 15 is 0 Å². The number of amides is 2. The molecule has 5 rings (SSSR count). The number of aliphatic carboxylic acids is 3. The highest BCUT2D eigenvalue weighted by Crippen LogP contribution is 2.34. The van der Waals surface area contributed by atoms with Crippen molar-refractivity contribution in [2.24, 2.45) is 0 Å². The van der Waals surface area contributed by atoms with Crippen LogP contribution in [-0.2, 0) is 19.2 Å². The summed E-state index contributed by atoms with van der Waals surface area (Å²) in [4.78, 5) is 60.3. The SMILES string of the molecule is CC(=O)Nc1ccccc1C1CCN(CC[C@H](CN(C)C(=O)c2cc(C#N)cc3ccccc23)c2ccc(Cl)c(Cl)c2)CC1.O=C(O)CC(O)(CC(=O)O)C(=O)O. The number of piperidine rings is 1. The summed E-state index contributed by atoms with van der Waals surface area (Å²) in [6.45, 7) is 4.81. The summed E-state index contributed by atoms with van der Waals surface area (Å²) in [7, 11) is 1.82. The van der Waals surface area contributed by atoms with Gasteiger partial charge in [-0.3, -0.25) is 19.2 Å². The Hall–Kier alpha value is -5.52. The first-order valence-electron chi connectivity index (χ1n) is 18.1. The molecule has 2 amide bonds. The monoisotopic (exact) mass is 818 g/mol. The van der Waals surface area contributed by atoms with Gasteiger partial charge in [-0.2, -0.15) is 5.26 Å². The zero-order chi connectivity index (χ0) is 41.9. The summed E-state index contributed by atoms with van der Waals surface area (Å²) in [6, 6.07) is 27.1. The summed E-state index contributed by atoms with van der Waals surface area (Å²) < 4.78 is 0. The Kier molecular flexibility index (Phi) is 15.6. The van der Waals surface area contributed by atoms with Crippen molar-refractivity contribution in [3.63, 3.8) is 0 Å². The lowest BCUT2D eigenvalue weighted by atomic mass is 9.87. The summed E-state index contributed by atoms with van der Waals surface area (Å²) in [6.07, 6.45) is 0.564. The molecule has 15 heteroatoms. The molecule has 1 atom stereocenters. The molecule has 1 fully saturated rings. The fourth-order valence-corrected chi connectivity index (χ4v) is 7.28. The molecule has 1 saturated heterocycles. The van der Waals surface area contributed by atoms with Crippen LogP contribution in [0.5, 0.6) is 0 Å². The second kappa shape index (κ2) is 20.1. The Morgan fingerprint density at radius 3 is 2.14 bits per heavy atom. The summed E-state index contributed by atoms with van der Waals surface area (Å²) >= 11 is 12.7. The van der Waals surface area contributed by atoms with Gasteiger partial charge < -0.3 is 35.5 Å². The lowest BCUT2D eigenvalue weighted by molar-refractivity contribution is -0.170. The highest BCUT2D eigenvalue weighted by Gasteiger charge is 2.40. The maximum Gasteiger partial charge on any atom is 0.336 e. The van der Waals surface area contributed by atoms with Crippen molar-refractivity contribution in [3.05, 3.63) is 111 Å². The molecule has 0 spiro atoms. The van der Waals surface area contributed by atoms with Gasteiger partial charge in [-0.15, -0.1) is 0 Å². The number of anilines is 1. The molecule has 0 aliphatic carbocycles. The molecule has 1 aliphatic heterocycles. The number of nitriles is 1. The molecule has 4 aromatic rings.